The highest BCUT2D eigenvalue weighted by Gasteiger charge is 2.20. The molecule has 2 rings (SSSR count). The molecule has 0 aliphatic heterocycles. The Morgan fingerprint density at radius 1 is 1.55 bits per heavy atom. The van der Waals surface area contributed by atoms with Gasteiger partial charge in [0.25, 0.3) is 5.91 Å². The maximum absolute atomic E-state index is 12.4. The maximum Gasteiger partial charge on any atom is 0.272 e. The topological polar surface area (TPSA) is 95.6 Å². The predicted molar refractivity (Wildman–Crippen MR) is 85.3 cm³/mol. The van der Waals surface area contributed by atoms with Gasteiger partial charge in [-0.25, -0.2) is 4.98 Å². The molecule has 2 N–H and O–H groups in total. The van der Waals surface area contributed by atoms with Crippen LogP contribution in [0.2, 0.25) is 0 Å². The van der Waals surface area contributed by atoms with Crippen molar-refractivity contribution < 1.29 is 4.79 Å². The number of aromatic nitrogens is 3. The van der Waals surface area contributed by atoms with Crippen LogP contribution in [0.1, 0.15) is 28.7 Å². The van der Waals surface area contributed by atoms with Crippen molar-refractivity contribution in [3.63, 3.8) is 0 Å². The van der Waals surface area contributed by atoms with Crippen molar-refractivity contribution in [1.29, 1.82) is 5.26 Å². The zero-order valence-electron chi connectivity index (χ0n) is 12.2. The Morgan fingerprint density at radius 2 is 2.32 bits per heavy atom. The molecular weight excluding hydrogens is 348 g/mol. The van der Waals surface area contributed by atoms with Gasteiger partial charge in [-0.3, -0.25) is 9.78 Å². The van der Waals surface area contributed by atoms with Gasteiger partial charge in [-0.05, 0) is 35.0 Å². The molecule has 22 heavy (non-hydrogen) atoms. The van der Waals surface area contributed by atoms with E-state index in [0.29, 0.717) is 34.0 Å². The molecule has 0 unspecified atom stereocenters. The molecule has 0 aliphatic rings. The molecule has 0 bridgehead atoms. The van der Waals surface area contributed by atoms with Crippen LogP contribution >= 0.6 is 15.9 Å². The van der Waals surface area contributed by atoms with E-state index < -0.39 is 0 Å². The second-order valence-electron chi connectivity index (χ2n) is 4.36. The molecule has 1 amide bonds. The fourth-order valence-corrected chi connectivity index (χ4v) is 2.65. The Labute approximate surface area is 136 Å². The van der Waals surface area contributed by atoms with Gasteiger partial charge in [0.1, 0.15) is 6.07 Å². The largest absolute Gasteiger partial charge is 0.371 e. The molecule has 0 aliphatic carbocycles. The molecule has 0 aromatic carbocycles. The quantitative estimate of drug-likeness (QED) is 0.846. The highest BCUT2D eigenvalue weighted by Crippen LogP contribution is 2.21. The van der Waals surface area contributed by atoms with Crippen LogP contribution in [0.5, 0.6) is 0 Å². The fourth-order valence-electron chi connectivity index (χ4n) is 2.05. The third kappa shape index (κ3) is 3.09. The van der Waals surface area contributed by atoms with Gasteiger partial charge in [0.05, 0.1) is 17.8 Å². The predicted octanol–water partition coefficient (Wildman–Crippen LogP) is 1.90. The maximum atomic E-state index is 12.4. The van der Waals surface area contributed by atoms with Crippen molar-refractivity contribution >= 4 is 27.7 Å². The third-order valence-electron chi connectivity index (χ3n) is 3.12. The third-order valence-corrected chi connectivity index (χ3v) is 3.72. The molecule has 8 heteroatoms. The Kier molecular flexibility index (Phi) is 5.12. The number of rotatable bonds is 5. The van der Waals surface area contributed by atoms with Crippen LogP contribution in [0.4, 0.5) is 5.82 Å². The summed E-state index contributed by atoms with van der Waals surface area (Å²) in [4.78, 5) is 20.8. The van der Waals surface area contributed by atoms with Crippen LogP contribution in [0.3, 0.4) is 0 Å². The summed E-state index contributed by atoms with van der Waals surface area (Å²) in [5.41, 5.74) is 1.42. The Bertz CT molecular complexity index is 733. The van der Waals surface area contributed by atoms with E-state index in [0.717, 1.165) is 0 Å². The van der Waals surface area contributed by atoms with Gasteiger partial charge in [0.2, 0.25) is 0 Å². The first-order valence-electron chi connectivity index (χ1n) is 6.68. The number of hydrogen-bond acceptors (Lipinski definition) is 5. The lowest BCUT2D eigenvalue weighted by molar-refractivity contribution is 0.0942. The summed E-state index contributed by atoms with van der Waals surface area (Å²) in [6.07, 6.45) is 1.59. The minimum Gasteiger partial charge on any atom is -0.371 e. The van der Waals surface area contributed by atoms with Crippen LogP contribution in [-0.4, -0.2) is 27.5 Å². The zero-order chi connectivity index (χ0) is 16.1. The molecule has 114 valence electrons. The molecular formula is C14H15BrN6O. The molecule has 2 aromatic heterocycles. The van der Waals surface area contributed by atoms with Gasteiger partial charge in [-0.1, -0.05) is 0 Å². The molecule has 2 aromatic rings. The molecule has 0 radical (unpaired) electrons. The van der Waals surface area contributed by atoms with Crippen molar-refractivity contribution in [2.24, 2.45) is 0 Å². The number of imidazole rings is 1. The van der Waals surface area contributed by atoms with E-state index >= 15 is 0 Å². The summed E-state index contributed by atoms with van der Waals surface area (Å²) in [6, 6.07) is 5.41. The van der Waals surface area contributed by atoms with Gasteiger partial charge in [0, 0.05) is 19.8 Å². The van der Waals surface area contributed by atoms with E-state index in [-0.39, 0.29) is 12.5 Å². The standard InChI is InChI=1S/C14H15BrN6O/c1-3-21-11(12(17-2)20-14(21)15)13(22)19-8-10-9(7-16)5-4-6-18-10/h4-6,17H,3,8H2,1-2H3,(H,19,22). The normalized spacial score (nSPS) is 10.1. The second-order valence-corrected chi connectivity index (χ2v) is 5.07. The first-order chi connectivity index (χ1) is 10.6. The van der Waals surface area contributed by atoms with Crippen LogP contribution < -0.4 is 10.6 Å². The molecule has 0 spiro atoms. The minimum absolute atomic E-state index is 0.179. The van der Waals surface area contributed by atoms with E-state index in [4.69, 9.17) is 5.26 Å². The van der Waals surface area contributed by atoms with Crippen molar-refractivity contribution in [3.8, 4) is 6.07 Å². The lowest BCUT2D eigenvalue weighted by Gasteiger charge is -2.09. The van der Waals surface area contributed by atoms with Gasteiger partial charge < -0.3 is 15.2 Å². The molecule has 0 fully saturated rings. The highest BCUT2D eigenvalue weighted by molar-refractivity contribution is 9.10. The number of nitrogens with zero attached hydrogens (tertiary/aromatic N) is 4. The second kappa shape index (κ2) is 7.04. The van der Waals surface area contributed by atoms with Crippen molar-refractivity contribution in [1.82, 2.24) is 19.9 Å². The van der Waals surface area contributed by atoms with Crippen LogP contribution in [0, 0.1) is 11.3 Å². The number of anilines is 1. The first kappa shape index (κ1) is 16.0. The molecule has 0 atom stereocenters. The molecule has 0 saturated carbocycles. The summed E-state index contributed by atoms with van der Waals surface area (Å²) < 4.78 is 2.34. The molecule has 0 saturated heterocycles. The molecule has 2 heterocycles. The number of nitrogens with one attached hydrogen (secondary N) is 2. The minimum atomic E-state index is -0.279. The Balaban J connectivity index is 2.22. The number of halogens is 1. The molecule has 7 nitrogen and oxygen atoms in total. The Morgan fingerprint density at radius 3 is 2.95 bits per heavy atom. The first-order valence-corrected chi connectivity index (χ1v) is 7.47. The van der Waals surface area contributed by atoms with E-state index in [2.05, 4.69) is 42.6 Å². The van der Waals surface area contributed by atoms with Gasteiger partial charge >= 0.3 is 0 Å². The fraction of sp³-hybridized carbons (Fsp3) is 0.286. The lowest BCUT2D eigenvalue weighted by atomic mass is 10.2. The summed E-state index contributed by atoms with van der Waals surface area (Å²) in [5, 5.41) is 14.7. The van der Waals surface area contributed by atoms with E-state index in [1.807, 2.05) is 6.92 Å². The van der Waals surface area contributed by atoms with E-state index in [1.165, 1.54) is 0 Å². The summed E-state index contributed by atoms with van der Waals surface area (Å²) in [6.45, 7) is 2.71. The number of amides is 1. The number of pyridine rings is 1. The van der Waals surface area contributed by atoms with Gasteiger partial charge in [-0.2, -0.15) is 5.26 Å². The van der Waals surface area contributed by atoms with Gasteiger partial charge in [0.15, 0.2) is 16.2 Å². The summed E-state index contributed by atoms with van der Waals surface area (Å²) >= 11 is 3.33. The monoisotopic (exact) mass is 362 g/mol. The average molecular weight is 363 g/mol. The smallest absolute Gasteiger partial charge is 0.272 e. The van der Waals surface area contributed by atoms with Crippen LogP contribution in [0.15, 0.2) is 23.1 Å². The Hall–Kier alpha value is -2.40. The van der Waals surface area contributed by atoms with Gasteiger partial charge in [-0.15, -0.1) is 0 Å². The van der Waals surface area contributed by atoms with Crippen LogP contribution in [0.25, 0.3) is 0 Å². The van der Waals surface area contributed by atoms with Crippen molar-refractivity contribution in [3.05, 3.63) is 40.0 Å². The highest BCUT2D eigenvalue weighted by atomic mass is 79.9. The number of hydrogen-bond donors (Lipinski definition) is 2. The van der Waals surface area contributed by atoms with Crippen LogP contribution in [-0.2, 0) is 13.1 Å². The number of carbonyl (C=O) groups is 1. The lowest BCUT2D eigenvalue weighted by Crippen LogP contribution is -2.27. The van der Waals surface area contributed by atoms with E-state index in [9.17, 15) is 4.79 Å². The van der Waals surface area contributed by atoms with E-state index in [1.54, 1.807) is 29.9 Å². The zero-order valence-corrected chi connectivity index (χ0v) is 13.8. The summed E-state index contributed by atoms with van der Waals surface area (Å²) in [5.74, 6) is 0.215. The number of carbonyl (C=O) groups excluding carboxylic acids is 1. The van der Waals surface area contributed by atoms with Crippen molar-refractivity contribution in [2.45, 2.75) is 20.0 Å². The van der Waals surface area contributed by atoms with Crippen molar-refractivity contribution in [2.75, 3.05) is 12.4 Å². The summed E-state index contributed by atoms with van der Waals surface area (Å²) in [7, 11) is 1.71. The average Bonchev–Trinajstić information content (AvgIpc) is 2.88. The SMILES string of the molecule is CCn1c(Br)nc(NC)c1C(=O)NCc1ncccc1C#N. The number of nitriles is 1.